The summed E-state index contributed by atoms with van der Waals surface area (Å²) in [5.41, 5.74) is 7.53. The predicted molar refractivity (Wildman–Crippen MR) is 79.7 cm³/mol. The number of para-hydroxylation sites is 2. The van der Waals surface area contributed by atoms with Crippen molar-refractivity contribution in [3.63, 3.8) is 0 Å². The van der Waals surface area contributed by atoms with E-state index < -0.39 is 0 Å². The van der Waals surface area contributed by atoms with Gasteiger partial charge in [-0.3, -0.25) is 4.79 Å². The summed E-state index contributed by atoms with van der Waals surface area (Å²) in [4.78, 5) is 13.7. The molecule has 1 unspecified atom stereocenters. The van der Waals surface area contributed by atoms with Gasteiger partial charge in [0.15, 0.2) is 5.69 Å². The zero-order valence-corrected chi connectivity index (χ0v) is 12.0. The fourth-order valence-corrected chi connectivity index (χ4v) is 2.00. The molecule has 6 nitrogen and oxygen atoms in total. The maximum absolute atomic E-state index is 12.2. The fraction of sp³-hybridized carbons (Fsp3) is 0.267. The highest BCUT2D eigenvalue weighted by atomic mass is 16.2. The maximum atomic E-state index is 12.2. The van der Waals surface area contributed by atoms with Gasteiger partial charge in [0.05, 0.1) is 23.4 Å². The Hall–Kier alpha value is -2.81. The topological polar surface area (TPSA) is 87.9 Å². The van der Waals surface area contributed by atoms with Crippen molar-refractivity contribution in [3.05, 3.63) is 42.2 Å². The van der Waals surface area contributed by atoms with Crippen LogP contribution in [-0.2, 0) is 0 Å². The molecule has 108 valence electrons. The second kappa shape index (κ2) is 6.09. The second-order valence-corrected chi connectivity index (χ2v) is 4.92. The van der Waals surface area contributed by atoms with Crippen LogP contribution in [0.2, 0.25) is 0 Å². The Morgan fingerprint density at radius 2 is 2.19 bits per heavy atom. The van der Waals surface area contributed by atoms with Gasteiger partial charge in [-0.25, -0.2) is 4.68 Å². The Kier molecular flexibility index (Phi) is 4.24. The molecule has 6 heteroatoms. The molecule has 2 rings (SSSR count). The van der Waals surface area contributed by atoms with E-state index in [1.54, 1.807) is 37.0 Å². The maximum Gasteiger partial charge on any atom is 0.274 e. The summed E-state index contributed by atoms with van der Waals surface area (Å²) in [6, 6.07) is 11.0. The van der Waals surface area contributed by atoms with Gasteiger partial charge < -0.3 is 10.6 Å². The number of rotatable bonds is 4. The van der Waals surface area contributed by atoms with Crippen LogP contribution in [0.25, 0.3) is 5.69 Å². The molecule has 0 saturated heterocycles. The van der Waals surface area contributed by atoms with Crippen molar-refractivity contribution in [1.82, 2.24) is 14.7 Å². The third kappa shape index (κ3) is 3.20. The number of nitriles is 1. The first-order valence-corrected chi connectivity index (χ1v) is 6.58. The third-order valence-electron chi connectivity index (χ3n) is 3.11. The van der Waals surface area contributed by atoms with Crippen molar-refractivity contribution < 1.29 is 4.79 Å². The Morgan fingerprint density at radius 1 is 1.48 bits per heavy atom. The molecule has 2 aromatic rings. The molecule has 0 saturated carbocycles. The molecule has 0 bridgehead atoms. The van der Waals surface area contributed by atoms with Crippen molar-refractivity contribution in [3.8, 4) is 11.8 Å². The van der Waals surface area contributed by atoms with Crippen LogP contribution >= 0.6 is 0 Å². The molecular formula is C15H17N5O. The number of anilines is 1. The van der Waals surface area contributed by atoms with Crippen LogP contribution in [0.4, 0.5) is 5.69 Å². The molecule has 1 aromatic carbocycles. The van der Waals surface area contributed by atoms with Crippen LogP contribution in [0.3, 0.4) is 0 Å². The number of benzene rings is 1. The van der Waals surface area contributed by atoms with Gasteiger partial charge in [0.25, 0.3) is 5.91 Å². The minimum Gasteiger partial charge on any atom is -0.397 e. The summed E-state index contributed by atoms with van der Waals surface area (Å²) in [5.74, 6) is -0.434. The summed E-state index contributed by atoms with van der Waals surface area (Å²) < 4.78 is 1.57. The number of nitrogens with two attached hydrogens (primary N) is 1. The molecule has 21 heavy (non-hydrogen) atoms. The van der Waals surface area contributed by atoms with E-state index >= 15 is 0 Å². The minimum absolute atomic E-state index is 0.217. The number of nitrogen functional groups attached to an aromatic ring is 1. The standard InChI is InChI=1S/C15H17N5O/c1-11(9-16)10-19(2)15(21)13-7-8-20(18-13)14-6-4-3-5-12(14)17/h3-8,11H,10,17H2,1-2H3. The molecule has 0 aliphatic rings. The summed E-state index contributed by atoms with van der Waals surface area (Å²) in [6.45, 7) is 2.14. The molecule has 1 aromatic heterocycles. The number of nitrogens with zero attached hydrogens (tertiary/aromatic N) is 4. The SMILES string of the molecule is CC(C#N)CN(C)C(=O)c1ccn(-c2ccccc2N)n1. The first-order chi connectivity index (χ1) is 10.0. The number of hydrogen-bond donors (Lipinski definition) is 1. The average molecular weight is 283 g/mol. The molecule has 0 fully saturated rings. The Balaban J connectivity index is 2.19. The molecule has 0 aliphatic heterocycles. The van der Waals surface area contributed by atoms with Crippen LogP contribution in [0.1, 0.15) is 17.4 Å². The van der Waals surface area contributed by atoms with E-state index in [4.69, 9.17) is 11.0 Å². The number of aromatic nitrogens is 2. The zero-order valence-electron chi connectivity index (χ0n) is 12.0. The number of hydrogen-bond acceptors (Lipinski definition) is 4. The number of carbonyl (C=O) groups excluding carboxylic acids is 1. The van der Waals surface area contributed by atoms with Gasteiger partial charge in [0, 0.05) is 19.8 Å². The molecular weight excluding hydrogens is 266 g/mol. The summed E-state index contributed by atoms with van der Waals surface area (Å²) in [5, 5.41) is 13.1. The van der Waals surface area contributed by atoms with E-state index in [0.29, 0.717) is 17.9 Å². The molecule has 0 spiro atoms. The molecule has 0 aliphatic carbocycles. The fourth-order valence-electron chi connectivity index (χ4n) is 2.00. The largest absolute Gasteiger partial charge is 0.397 e. The highest BCUT2D eigenvalue weighted by Gasteiger charge is 2.17. The van der Waals surface area contributed by atoms with Crippen LogP contribution in [0.15, 0.2) is 36.5 Å². The lowest BCUT2D eigenvalue weighted by atomic mass is 10.2. The monoisotopic (exact) mass is 283 g/mol. The minimum atomic E-state index is -0.217. The lowest BCUT2D eigenvalue weighted by Crippen LogP contribution is -2.31. The Labute approximate surface area is 123 Å². The van der Waals surface area contributed by atoms with E-state index in [1.165, 1.54) is 4.90 Å². The highest BCUT2D eigenvalue weighted by Crippen LogP contribution is 2.16. The molecule has 1 atom stereocenters. The van der Waals surface area contributed by atoms with Crippen LogP contribution in [-0.4, -0.2) is 34.2 Å². The van der Waals surface area contributed by atoms with Gasteiger partial charge in [-0.1, -0.05) is 12.1 Å². The van der Waals surface area contributed by atoms with Gasteiger partial charge in [0.1, 0.15) is 0 Å². The van der Waals surface area contributed by atoms with E-state index in [1.807, 2.05) is 18.2 Å². The third-order valence-corrected chi connectivity index (χ3v) is 3.11. The average Bonchev–Trinajstić information content (AvgIpc) is 2.96. The molecule has 1 amide bonds. The van der Waals surface area contributed by atoms with Gasteiger partial charge in [-0.2, -0.15) is 10.4 Å². The van der Waals surface area contributed by atoms with Crippen molar-refractivity contribution in [2.75, 3.05) is 19.3 Å². The first-order valence-electron chi connectivity index (χ1n) is 6.58. The van der Waals surface area contributed by atoms with E-state index in [-0.39, 0.29) is 11.8 Å². The Bertz CT molecular complexity index is 685. The van der Waals surface area contributed by atoms with Crippen molar-refractivity contribution in [2.24, 2.45) is 5.92 Å². The normalized spacial score (nSPS) is 11.7. The Morgan fingerprint density at radius 3 is 2.86 bits per heavy atom. The zero-order chi connectivity index (χ0) is 15.4. The highest BCUT2D eigenvalue weighted by molar-refractivity contribution is 5.92. The van der Waals surface area contributed by atoms with E-state index in [9.17, 15) is 4.79 Å². The van der Waals surface area contributed by atoms with Gasteiger partial charge >= 0.3 is 0 Å². The molecule has 2 N–H and O–H groups in total. The lowest BCUT2D eigenvalue weighted by molar-refractivity contribution is 0.0779. The van der Waals surface area contributed by atoms with Crippen LogP contribution in [0.5, 0.6) is 0 Å². The summed E-state index contributed by atoms with van der Waals surface area (Å²) in [6.07, 6.45) is 1.69. The predicted octanol–water partition coefficient (Wildman–Crippen LogP) is 1.69. The molecule has 1 heterocycles. The summed E-state index contributed by atoms with van der Waals surface area (Å²) >= 11 is 0. The van der Waals surface area contributed by atoms with Crippen molar-refractivity contribution >= 4 is 11.6 Å². The number of amides is 1. The smallest absolute Gasteiger partial charge is 0.274 e. The van der Waals surface area contributed by atoms with Crippen molar-refractivity contribution in [1.29, 1.82) is 5.26 Å². The van der Waals surface area contributed by atoms with Crippen LogP contribution in [0, 0.1) is 17.2 Å². The second-order valence-electron chi connectivity index (χ2n) is 4.92. The first kappa shape index (κ1) is 14.6. The van der Waals surface area contributed by atoms with E-state index in [2.05, 4.69) is 11.2 Å². The van der Waals surface area contributed by atoms with Crippen molar-refractivity contribution in [2.45, 2.75) is 6.92 Å². The molecule has 0 radical (unpaired) electrons. The van der Waals surface area contributed by atoms with Gasteiger partial charge in [-0.05, 0) is 25.1 Å². The number of carbonyl (C=O) groups is 1. The van der Waals surface area contributed by atoms with Crippen LogP contribution < -0.4 is 5.73 Å². The van der Waals surface area contributed by atoms with E-state index in [0.717, 1.165) is 5.69 Å². The summed E-state index contributed by atoms with van der Waals surface area (Å²) in [7, 11) is 1.66. The van der Waals surface area contributed by atoms with Gasteiger partial charge in [-0.15, -0.1) is 0 Å². The quantitative estimate of drug-likeness (QED) is 0.865. The van der Waals surface area contributed by atoms with Gasteiger partial charge in [0.2, 0.25) is 0 Å². The lowest BCUT2D eigenvalue weighted by Gasteiger charge is -2.16.